The summed E-state index contributed by atoms with van der Waals surface area (Å²) < 4.78 is 22.8. The van der Waals surface area contributed by atoms with Crippen molar-refractivity contribution in [2.75, 3.05) is 26.4 Å². The van der Waals surface area contributed by atoms with Crippen molar-refractivity contribution >= 4 is 11.9 Å². The van der Waals surface area contributed by atoms with Crippen LogP contribution in [0.5, 0.6) is 11.5 Å². The van der Waals surface area contributed by atoms with Gasteiger partial charge in [-0.05, 0) is 115 Å². The highest BCUT2D eigenvalue weighted by atomic mass is 16.5. The molecule has 0 amide bonds. The number of carbonyl (C=O) groups excluding carboxylic acids is 2. The number of aryl methyl sites for hydroxylation is 4. The average molecular weight is 541 g/mol. The molecule has 0 N–H and O–H groups in total. The van der Waals surface area contributed by atoms with Crippen molar-refractivity contribution in [1.82, 2.24) is 0 Å². The second-order valence-electron chi connectivity index (χ2n) is 11.8. The lowest BCUT2D eigenvalue weighted by molar-refractivity contribution is -0.157. The van der Waals surface area contributed by atoms with Crippen molar-refractivity contribution in [2.24, 2.45) is 10.8 Å². The number of hydrogen-bond donors (Lipinski definition) is 0. The van der Waals surface area contributed by atoms with Gasteiger partial charge >= 0.3 is 11.9 Å². The SMILES string of the molecule is Cc1ccc(C)c(OCCCC(C)(C)C(=O)OCCCOC(=O)C(C)(C)CCCOc2cc(C)ccc2C)c1. The quantitative estimate of drug-likeness (QED) is 0.162. The molecule has 0 spiro atoms. The van der Waals surface area contributed by atoms with E-state index < -0.39 is 10.8 Å². The van der Waals surface area contributed by atoms with Crippen LogP contribution < -0.4 is 9.47 Å². The molecule has 6 nitrogen and oxygen atoms in total. The summed E-state index contributed by atoms with van der Waals surface area (Å²) in [6.07, 6.45) is 3.28. The Morgan fingerprint density at radius 1 is 0.590 bits per heavy atom. The molecule has 0 radical (unpaired) electrons. The van der Waals surface area contributed by atoms with E-state index in [4.69, 9.17) is 18.9 Å². The molecule has 6 heteroatoms. The first-order valence-electron chi connectivity index (χ1n) is 14.1. The molecule has 2 aromatic carbocycles. The predicted octanol–water partition coefficient (Wildman–Crippen LogP) is 7.47. The van der Waals surface area contributed by atoms with E-state index in [1.165, 1.54) is 0 Å². The smallest absolute Gasteiger partial charge is 0.311 e. The fourth-order valence-electron chi connectivity index (χ4n) is 4.10. The molecule has 0 saturated carbocycles. The molecule has 0 bridgehead atoms. The Labute approximate surface area is 235 Å². The van der Waals surface area contributed by atoms with Gasteiger partial charge in [0.15, 0.2) is 0 Å². The fourth-order valence-corrected chi connectivity index (χ4v) is 4.10. The Hall–Kier alpha value is -3.02. The standard InChI is InChI=1S/C33H48O6/c1-24-12-14-26(3)28(22-24)36-18-9-16-32(5,6)30(34)38-20-11-21-39-31(35)33(7,8)17-10-19-37-29-23-25(2)13-15-27(29)4/h12-15,22-23H,9-11,16-21H2,1-8H3. The largest absolute Gasteiger partial charge is 0.493 e. The summed E-state index contributed by atoms with van der Waals surface area (Å²) in [6.45, 7) is 17.2. The molecular formula is C33H48O6. The van der Waals surface area contributed by atoms with E-state index in [1.54, 1.807) is 0 Å². The summed E-state index contributed by atoms with van der Waals surface area (Å²) >= 11 is 0. The molecule has 0 heterocycles. The van der Waals surface area contributed by atoms with Crippen LogP contribution in [0.15, 0.2) is 36.4 Å². The van der Waals surface area contributed by atoms with Gasteiger partial charge in [0.05, 0.1) is 37.3 Å². The fraction of sp³-hybridized carbons (Fsp3) is 0.576. The zero-order valence-electron chi connectivity index (χ0n) is 25.3. The highest BCUT2D eigenvalue weighted by molar-refractivity contribution is 5.76. The molecule has 0 unspecified atom stereocenters. The van der Waals surface area contributed by atoms with Gasteiger partial charge in [-0.3, -0.25) is 9.59 Å². The van der Waals surface area contributed by atoms with Crippen molar-refractivity contribution in [3.63, 3.8) is 0 Å². The third-order valence-corrected chi connectivity index (χ3v) is 6.95. The van der Waals surface area contributed by atoms with Gasteiger partial charge in [0.2, 0.25) is 0 Å². The van der Waals surface area contributed by atoms with E-state index >= 15 is 0 Å². The first-order chi connectivity index (χ1) is 18.3. The molecule has 2 aromatic rings. The van der Waals surface area contributed by atoms with Crippen LogP contribution in [0.1, 0.15) is 82.1 Å². The Kier molecular flexibility index (Phi) is 12.3. The van der Waals surface area contributed by atoms with Crippen LogP contribution in [-0.4, -0.2) is 38.4 Å². The van der Waals surface area contributed by atoms with Gasteiger partial charge in [-0.15, -0.1) is 0 Å². The van der Waals surface area contributed by atoms with Crippen molar-refractivity contribution in [3.8, 4) is 11.5 Å². The van der Waals surface area contributed by atoms with E-state index in [9.17, 15) is 9.59 Å². The third kappa shape index (κ3) is 10.9. The molecule has 0 aliphatic rings. The zero-order chi connectivity index (χ0) is 29.1. The molecule has 0 saturated heterocycles. The molecule has 39 heavy (non-hydrogen) atoms. The lowest BCUT2D eigenvalue weighted by Crippen LogP contribution is -2.29. The molecule has 0 atom stereocenters. The Bertz CT molecular complexity index is 1000. The monoisotopic (exact) mass is 540 g/mol. The lowest BCUT2D eigenvalue weighted by Gasteiger charge is -2.23. The highest BCUT2D eigenvalue weighted by Crippen LogP contribution is 2.27. The third-order valence-electron chi connectivity index (χ3n) is 6.95. The summed E-state index contributed by atoms with van der Waals surface area (Å²) in [4.78, 5) is 25.2. The minimum atomic E-state index is -0.608. The summed E-state index contributed by atoms with van der Waals surface area (Å²) in [5.74, 6) is 1.28. The minimum Gasteiger partial charge on any atom is -0.493 e. The van der Waals surface area contributed by atoms with Crippen molar-refractivity contribution in [2.45, 2.75) is 87.5 Å². The first-order valence-corrected chi connectivity index (χ1v) is 14.1. The Balaban J connectivity index is 1.60. The topological polar surface area (TPSA) is 71.1 Å². The number of hydrogen-bond acceptors (Lipinski definition) is 6. The van der Waals surface area contributed by atoms with Crippen LogP contribution in [-0.2, 0) is 19.1 Å². The number of esters is 2. The summed E-state index contributed by atoms with van der Waals surface area (Å²) in [5.41, 5.74) is 3.31. The average Bonchev–Trinajstić information content (AvgIpc) is 2.87. The zero-order valence-corrected chi connectivity index (χ0v) is 25.3. The van der Waals surface area contributed by atoms with Crippen LogP contribution in [0.2, 0.25) is 0 Å². The number of carbonyl (C=O) groups is 2. The van der Waals surface area contributed by atoms with Gasteiger partial charge in [-0.2, -0.15) is 0 Å². The molecule has 0 aromatic heterocycles. The van der Waals surface area contributed by atoms with E-state index in [0.29, 0.717) is 32.5 Å². The van der Waals surface area contributed by atoms with Gasteiger partial charge in [0.25, 0.3) is 0 Å². The molecule has 216 valence electrons. The van der Waals surface area contributed by atoms with Gasteiger partial charge in [0, 0.05) is 6.42 Å². The van der Waals surface area contributed by atoms with E-state index in [1.807, 2.05) is 79.7 Å². The molecule has 0 fully saturated rings. The molecular weight excluding hydrogens is 492 g/mol. The van der Waals surface area contributed by atoms with Gasteiger partial charge in [0.1, 0.15) is 11.5 Å². The molecule has 2 rings (SSSR count). The second-order valence-corrected chi connectivity index (χ2v) is 11.8. The lowest BCUT2D eigenvalue weighted by atomic mass is 9.88. The number of rotatable bonds is 16. The number of ether oxygens (including phenoxy) is 4. The van der Waals surface area contributed by atoms with Gasteiger partial charge in [-0.25, -0.2) is 0 Å². The summed E-state index contributed by atoms with van der Waals surface area (Å²) in [7, 11) is 0. The maximum atomic E-state index is 12.6. The first kappa shape index (κ1) is 32.2. The molecule has 0 aliphatic heterocycles. The van der Waals surface area contributed by atoms with Gasteiger partial charge in [-0.1, -0.05) is 24.3 Å². The predicted molar refractivity (Wildman–Crippen MR) is 155 cm³/mol. The molecule has 0 aliphatic carbocycles. The van der Waals surface area contributed by atoms with Crippen molar-refractivity contribution < 1.29 is 28.5 Å². The van der Waals surface area contributed by atoms with Gasteiger partial charge < -0.3 is 18.9 Å². The number of benzene rings is 2. The summed E-state index contributed by atoms with van der Waals surface area (Å²) in [5, 5.41) is 0. The van der Waals surface area contributed by atoms with E-state index in [2.05, 4.69) is 12.1 Å². The Morgan fingerprint density at radius 2 is 0.974 bits per heavy atom. The van der Waals surface area contributed by atoms with Crippen LogP contribution in [0.4, 0.5) is 0 Å². The van der Waals surface area contributed by atoms with Crippen molar-refractivity contribution in [3.05, 3.63) is 58.7 Å². The maximum absolute atomic E-state index is 12.6. The second kappa shape index (κ2) is 14.9. The Morgan fingerprint density at radius 3 is 1.36 bits per heavy atom. The normalized spacial score (nSPS) is 11.7. The van der Waals surface area contributed by atoms with E-state index in [-0.39, 0.29) is 25.2 Å². The van der Waals surface area contributed by atoms with Crippen molar-refractivity contribution in [1.29, 1.82) is 0 Å². The van der Waals surface area contributed by atoms with Crippen LogP contribution in [0, 0.1) is 38.5 Å². The summed E-state index contributed by atoms with van der Waals surface area (Å²) in [6, 6.07) is 12.3. The maximum Gasteiger partial charge on any atom is 0.311 e. The highest BCUT2D eigenvalue weighted by Gasteiger charge is 2.30. The van der Waals surface area contributed by atoms with Crippen LogP contribution in [0.3, 0.4) is 0 Å². The minimum absolute atomic E-state index is 0.221. The van der Waals surface area contributed by atoms with Crippen LogP contribution >= 0.6 is 0 Å². The van der Waals surface area contributed by atoms with Crippen LogP contribution in [0.25, 0.3) is 0 Å². The van der Waals surface area contributed by atoms with E-state index in [0.717, 1.165) is 46.6 Å².